The number of hydrogen-bond acceptors (Lipinski definition) is 6. The van der Waals surface area contributed by atoms with Crippen molar-refractivity contribution in [3.63, 3.8) is 0 Å². The summed E-state index contributed by atoms with van der Waals surface area (Å²) in [7, 11) is 0. The zero-order chi connectivity index (χ0) is 22.9. The van der Waals surface area contributed by atoms with Crippen LogP contribution in [0.2, 0.25) is 0 Å². The molecular weight excluding hydrogens is 428 g/mol. The highest BCUT2D eigenvalue weighted by Crippen LogP contribution is 2.54. The zero-order valence-corrected chi connectivity index (χ0v) is 18.9. The van der Waals surface area contributed by atoms with Gasteiger partial charge in [-0.3, -0.25) is 14.4 Å². The summed E-state index contributed by atoms with van der Waals surface area (Å²) in [4.78, 5) is 38.2. The summed E-state index contributed by atoms with van der Waals surface area (Å²) in [6, 6.07) is 15.2. The molecule has 1 atom stereocenters. The number of nitrogens with one attached hydrogen (secondary N) is 1. The van der Waals surface area contributed by atoms with Crippen LogP contribution < -0.4 is 15.0 Å². The summed E-state index contributed by atoms with van der Waals surface area (Å²) < 4.78 is 5.77. The van der Waals surface area contributed by atoms with E-state index in [0.717, 1.165) is 28.8 Å². The van der Waals surface area contributed by atoms with E-state index in [1.165, 1.54) is 18.9 Å². The van der Waals surface area contributed by atoms with E-state index in [2.05, 4.69) is 10.4 Å². The SMILES string of the molecule is CC(=O)NC1=NN(C(C)=O)C2(S1)C(=O)N(CCCOc1ccccc1)c1ccc(C)cc12. The Balaban J connectivity index is 1.61. The number of amides is 3. The molecule has 2 aromatic carbocycles. The highest BCUT2D eigenvalue weighted by atomic mass is 32.2. The third kappa shape index (κ3) is 3.84. The molecule has 2 aromatic rings. The van der Waals surface area contributed by atoms with Gasteiger partial charge in [-0.15, -0.1) is 5.10 Å². The predicted molar refractivity (Wildman–Crippen MR) is 123 cm³/mol. The number of hydrogen-bond donors (Lipinski definition) is 1. The number of para-hydroxylation sites is 1. The molecule has 0 saturated carbocycles. The van der Waals surface area contributed by atoms with Gasteiger partial charge >= 0.3 is 0 Å². The van der Waals surface area contributed by atoms with Crippen LogP contribution in [0.15, 0.2) is 53.6 Å². The lowest BCUT2D eigenvalue weighted by Gasteiger charge is -2.29. The monoisotopic (exact) mass is 452 g/mol. The quantitative estimate of drug-likeness (QED) is 0.705. The van der Waals surface area contributed by atoms with Crippen LogP contribution >= 0.6 is 11.8 Å². The van der Waals surface area contributed by atoms with Crippen LogP contribution in [0.4, 0.5) is 5.69 Å². The Morgan fingerprint density at radius 1 is 1.16 bits per heavy atom. The van der Waals surface area contributed by atoms with Crippen molar-refractivity contribution in [2.24, 2.45) is 5.10 Å². The van der Waals surface area contributed by atoms with Crippen LogP contribution in [0.3, 0.4) is 0 Å². The van der Waals surface area contributed by atoms with Gasteiger partial charge in [-0.25, -0.2) is 0 Å². The van der Waals surface area contributed by atoms with E-state index >= 15 is 0 Å². The number of thioether (sulfide) groups is 1. The van der Waals surface area contributed by atoms with Gasteiger partial charge in [0, 0.05) is 26.0 Å². The number of carbonyl (C=O) groups excluding carboxylic acids is 3. The molecule has 2 aliphatic heterocycles. The molecule has 0 aromatic heterocycles. The van der Waals surface area contributed by atoms with E-state index in [0.29, 0.717) is 25.1 Å². The summed E-state index contributed by atoms with van der Waals surface area (Å²) in [6.45, 7) is 5.52. The number of amidine groups is 1. The summed E-state index contributed by atoms with van der Waals surface area (Å²) >= 11 is 1.09. The molecule has 4 rings (SSSR count). The molecule has 32 heavy (non-hydrogen) atoms. The minimum absolute atomic E-state index is 0.225. The summed E-state index contributed by atoms with van der Waals surface area (Å²) in [5.74, 6) is -0.188. The highest BCUT2D eigenvalue weighted by molar-refractivity contribution is 8.15. The lowest BCUT2D eigenvalue weighted by molar-refractivity contribution is -0.139. The fourth-order valence-corrected chi connectivity index (χ4v) is 5.20. The van der Waals surface area contributed by atoms with Crippen molar-refractivity contribution >= 4 is 40.3 Å². The molecule has 8 nitrogen and oxygen atoms in total. The lowest BCUT2D eigenvalue weighted by atomic mass is 10.0. The van der Waals surface area contributed by atoms with Crippen molar-refractivity contribution < 1.29 is 19.1 Å². The normalized spacial score (nSPS) is 19.2. The third-order valence-corrected chi connectivity index (χ3v) is 6.44. The second-order valence-corrected chi connectivity index (χ2v) is 8.84. The fraction of sp³-hybridized carbons (Fsp3) is 0.304. The molecule has 0 fully saturated rings. The van der Waals surface area contributed by atoms with Crippen molar-refractivity contribution in [2.45, 2.75) is 32.1 Å². The van der Waals surface area contributed by atoms with Crippen molar-refractivity contribution in [1.82, 2.24) is 10.3 Å². The van der Waals surface area contributed by atoms with Gasteiger partial charge in [0.05, 0.1) is 12.3 Å². The van der Waals surface area contributed by atoms with Gasteiger partial charge in [-0.2, -0.15) is 5.01 Å². The fourth-order valence-electron chi connectivity index (χ4n) is 3.88. The number of aryl methyl sites for hydroxylation is 1. The van der Waals surface area contributed by atoms with Crippen LogP contribution in [0.1, 0.15) is 31.4 Å². The number of fused-ring (bicyclic) bond motifs is 2. The standard InChI is InChI=1S/C23H24N4O4S/c1-15-10-11-20-19(14-15)23(27(17(3)29)25-22(32-23)24-16(2)28)21(30)26(20)12-7-13-31-18-8-5-4-6-9-18/h4-6,8-11,14H,7,12-13H2,1-3H3,(H,24,25,28). The maximum Gasteiger partial charge on any atom is 0.270 e. The van der Waals surface area contributed by atoms with Crippen LogP contribution in [-0.4, -0.2) is 41.0 Å². The first-order valence-corrected chi connectivity index (χ1v) is 11.1. The maximum absolute atomic E-state index is 13.8. The average molecular weight is 453 g/mol. The van der Waals surface area contributed by atoms with Gasteiger partial charge in [-0.1, -0.05) is 35.9 Å². The van der Waals surface area contributed by atoms with Gasteiger partial charge < -0.3 is 15.0 Å². The molecule has 0 aliphatic carbocycles. The van der Waals surface area contributed by atoms with Gasteiger partial charge in [0.25, 0.3) is 5.91 Å². The minimum Gasteiger partial charge on any atom is -0.494 e. The van der Waals surface area contributed by atoms with Gasteiger partial charge in [0.2, 0.25) is 16.7 Å². The van der Waals surface area contributed by atoms with E-state index < -0.39 is 4.87 Å². The molecule has 2 heterocycles. The van der Waals surface area contributed by atoms with Crippen LogP contribution in [0, 0.1) is 6.92 Å². The van der Waals surface area contributed by atoms with Crippen molar-refractivity contribution in [3.05, 3.63) is 59.7 Å². The van der Waals surface area contributed by atoms with Crippen molar-refractivity contribution in [3.8, 4) is 5.75 Å². The van der Waals surface area contributed by atoms with Crippen LogP contribution in [-0.2, 0) is 19.3 Å². The Labute approximate surface area is 190 Å². The van der Waals surface area contributed by atoms with E-state index in [9.17, 15) is 14.4 Å². The molecule has 0 radical (unpaired) electrons. The van der Waals surface area contributed by atoms with E-state index in [1.807, 2.05) is 55.5 Å². The molecular formula is C23H24N4O4S. The Kier molecular flexibility index (Phi) is 5.92. The first-order valence-electron chi connectivity index (χ1n) is 10.3. The van der Waals surface area contributed by atoms with E-state index in [1.54, 1.807) is 4.90 Å². The second kappa shape index (κ2) is 8.66. The Morgan fingerprint density at radius 3 is 2.59 bits per heavy atom. The number of rotatable bonds is 5. The molecule has 1 unspecified atom stereocenters. The second-order valence-electron chi connectivity index (χ2n) is 7.66. The molecule has 0 bridgehead atoms. The lowest BCUT2D eigenvalue weighted by Crippen LogP contribution is -2.48. The van der Waals surface area contributed by atoms with Gasteiger partial charge in [-0.05, 0) is 43.3 Å². The highest BCUT2D eigenvalue weighted by Gasteiger charge is 2.61. The molecule has 1 N–H and O–H groups in total. The van der Waals surface area contributed by atoms with Crippen molar-refractivity contribution in [2.75, 3.05) is 18.1 Å². The smallest absolute Gasteiger partial charge is 0.270 e. The van der Waals surface area contributed by atoms with Crippen LogP contribution in [0.5, 0.6) is 5.75 Å². The van der Waals surface area contributed by atoms with Crippen LogP contribution in [0.25, 0.3) is 0 Å². The number of ether oxygens (including phenoxy) is 1. The number of benzene rings is 2. The first-order chi connectivity index (χ1) is 15.3. The zero-order valence-electron chi connectivity index (χ0n) is 18.1. The molecule has 2 aliphatic rings. The van der Waals surface area contributed by atoms with Gasteiger partial charge in [0.1, 0.15) is 5.75 Å². The van der Waals surface area contributed by atoms with Crippen molar-refractivity contribution in [1.29, 1.82) is 0 Å². The molecule has 1 spiro atoms. The summed E-state index contributed by atoms with van der Waals surface area (Å²) in [6.07, 6.45) is 0.605. The minimum atomic E-state index is -1.37. The number of nitrogens with zero attached hydrogens (tertiary/aromatic N) is 3. The molecule has 9 heteroatoms. The average Bonchev–Trinajstić information content (AvgIpc) is 3.23. The largest absolute Gasteiger partial charge is 0.494 e. The summed E-state index contributed by atoms with van der Waals surface area (Å²) in [5.41, 5.74) is 2.39. The maximum atomic E-state index is 13.8. The first kappa shape index (κ1) is 21.9. The third-order valence-electron chi connectivity index (χ3n) is 5.20. The summed E-state index contributed by atoms with van der Waals surface area (Å²) in [5, 5.41) is 8.30. The number of carbonyl (C=O) groups is 3. The Morgan fingerprint density at radius 2 is 1.91 bits per heavy atom. The van der Waals surface area contributed by atoms with E-state index in [-0.39, 0.29) is 22.9 Å². The molecule has 166 valence electrons. The Bertz CT molecular complexity index is 1100. The predicted octanol–water partition coefficient (Wildman–Crippen LogP) is 2.97. The van der Waals surface area contributed by atoms with Gasteiger partial charge in [0.15, 0.2) is 5.17 Å². The number of hydrazone groups is 1. The topological polar surface area (TPSA) is 91.3 Å². The van der Waals surface area contributed by atoms with E-state index in [4.69, 9.17) is 4.74 Å². The number of anilines is 1. The Hall–Kier alpha value is -3.33. The molecule has 3 amide bonds. The molecule has 0 saturated heterocycles.